The van der Waals surface area contributed by atoms with Gasteiger partial charge < -0.3 is 9.15 Å². The highest BCUT2D eigenvalue weighted by atomic mass is 35.5. The quantitative estimate of drug-likeness (QED) is 0.567. The molecule has 1 aliphatic heterocycles. The molecule has 0 radical (unpaired) electrons. The fraction of sp³-hybridized carbons (Fsp3) is 0.176. The second kappa shape index (κ2) is 7.53. The maximum atomic E-state index is 12.4. The minimum absolute atomic E-state index is 0.127. The third-order valence-corrected chi connectivity index (χ3v) is 5.14. The second-order valence-corrected chi connectivity index (χ2v) is 7.09. The van der Waals surface area contributed by atoms with E-state index in [4.69, 9.17) is 33.0 Å². The molecule has 1 aromatic carbocycles. The van der Waals surface area contributed by atoms with Gasteiger partial charge in [0.15, 0.2) is 0 Å². The molecule has 1 amide bonds. The molecule has 2 aromatic rings. The van der Waals surface area contributed by atoms with Crippen LogP contribution in [-0.2, 0) is 9.53 Å². The number of halogens is 1. The fourth-order valence-corrected chi connectivity index (χ4v) is 3.76. The van der Waals surface area contributed by atoms with E-state index >= 15 is 0 Å². The Morgan fingerprint density at radius 3 is 2.88 bits per heavy atom. The van der Waals surface area contributed by atoms with Crippen LogP contribution in [0.15, 0.2) is 45.7 Å². The lowest BCUT2D eigenvalue weighted by Crippen LogP contribution is -2.31. The van der Waals surface area contributed by atoms with Crippen molar-refractivity contribution in [2.75, 3.05) is 20.3 Å². The van der Waals surface area contributed by atoms with Gasteiger partial charge in [-0.3, -0.25) is 9.69 Å². The van der Waals surface area contributed by atoms with Crippen molar-refractivity contribution in [2.24, 2.45) is 0 Å². The molecule has 0 bridgehead atoms. The minimum Gasteiger partial charge on any atom is -0.457 e. The first-order chi connectivity index (χ1) is 11.6. The first-order valence-electron chi connectivity index (χ1n) is 7.19. The summed E-state index contributed by atoms with van der Waals surface area (Å²) >= 11 is 12.7. The molecule has 1 fully saturated rings. The van der Waals surface area contributed by atoms with E-state index < -0.39 is 0 Å². The molecular weight excluding hydrogens is 366 g/mol. The second-order valence-electron chi connectivity index (χ2n) is 5.01. The Kier molecular flexibility index (Phi) is 5.40. The number of carbonyl (C=O) groups is 1. The number of rotatable bonds is 5. The van der Waals surface area contributed by atoms with Crippen LogP contribution in [0.3, 0.4) is 0 Å². The number of thiocarbonyl (C=S) groups is 1. The highest BCUT2D eigenvalue weighted by molar-refractivity contribution is 8.26. The van der Waals surface area contributed by atoms with Crippen LogP contribution in [0.25, 0.3) is 17.4 Å². The normalized spacial score (nSPS) is 16.4. The predicted molar refractivity (Wildman–Crippen MR) is 101 cm³/mol. The van der Waals surface area contributed by atoms with Crippen molar-refractivity contribution in [1.82, 2.24) is 4.90 Å². The zero-order valence-corrected chi connectivity index (χ0v) is 15.2. The van der Waals surface area contributed by atoms with E-state index in [1.54, 1.807) is 25.3 Å². The van der Waals surface area contributed by atoms with Crippen molar-refractivity contribution in [2.45, 2.75) is 0 Å². The van der Waals surface area contributed by atoms with Crippen molar-refractivity contribution in [3.05, 3.63) is 52.1 Å². The van der Waals surface area contributed by atoms with Crippen LogP contribution in [-0.4, -0.2) is 35.4 Å². The Labute approximate surface area is 154 Å². The van der Waals surface area contributed by atoms with Gasteiger partial charge in [0.2, 0.25) is 0 Å². The Morgan fingerprint density at radius 1 is 1.33 bits per heavy atom. The lowest BCUT2D eigenvalue weighted by atomic mass is 10.2. The monoisotopic (exact) mass is 379 g/mol. The van der Waals surface area contributed by atoms with Gasteiger partial charge >= 0.3 is 0 Å². The van der Waals surface area contributed by atoms with E-state index in [-0.39, 0.29) is 5.91 Å². The Balaban J connectivity index is 1.82. The van der Waals surface area contributed by atoms with Crippen LogP contribution in [0.4, 0.5) is 0 Å². The Bertz CT molecular complexity index is 816. The smallest absolute Gasteiger partial charge is 0.266 e. The van der Waals surface area contributed by atoms with E-state index in [0.29, 0.717) is 38.9 Å². The molecule has 1 saturated heterocycles. The van der Waals surface area contributed by atoms with Crippen LogP contribution in [0.2, 0.25) is 5.02 Å². The third kappa shape index (κ3) is 3.57. The Morgan fingerprint density at radius 2 is 2.12 bits per heavy atom. The summed E-state index contributed by atoms with van der Waals surface area (Å²) in [7, 11) is 1.59. The molecule has 0 spiro atoms. The van der Waals surface area contributed by atoms with Gasteiger partial charge in [-0.15, -0.1) is 0 Å². The standard InChI is InChI=1S/C17H14ClNO3S2/c1-21-9-8-19-16(20)15(24-17(19)23)10-11-6-7-14(22-11)12-4-2-3-5-13(12)18/h2-7,10H,8-9H2,1H3/b15-10+. The minimum atomic E-state index is -0.127. The molecule has 0 aliphatic carbocycles. The van der Waals surface area contributed by atoms with Crippen LogP contribution in [0, 0.1) is 0 Å². The molecule has 0 N–H and O–H groups in total. The van der Waals surface area contributed by atoms with Gasteiger partial charge in [-0.1, -0.05) is 47.7 Å². The lowest BCUT2D eigenvalue weighted by molar-refractivity contribution is -0.122. The van der Waals surface area contributed by atoms with Crippen LogP contribution in [0.1, 0.15) is 5.76 Å². The van der Waals surface area contributed by atoms with Crippen LogP contribution in [0.5, 0.6) is 0 Å². The number of benzene rings is 1. The van der Waals surface area contributed by atoms with E-state index in [1.807, 2.05) is 24.3 Å². The molecule has 124 valence electrons. The zero-order valence-electron chi connectivity index (χ0n) is 12.8. The van der Waals surface area contributed by atoms with Gasteiger partial charge in [0, 0.05) is 18.7 Å². The molecule has 4 nitrogen and oxygen atoms in total. The molecule has 7 heteroatoms. The molecule has 1 aliphatic rings. The predicted octanol–water partition coefficient (Wildman–Crippen LogP) is 4.45. The molecule has 0 unspecified atom stereocenters. The summed E-state index contributed by atoms with van der Waals surface area (Å²) in [6, 6.07) is 11.1. The first-order valence-corrected chi connectivity index (χ1v) is 8.79. The van der Waals surface area contributed by atoms with Crippen molar-refractivity contribution in [3.63, 3.8) is 0 Å². The van der Waals surface area contributed by atoms with Gasteiger partial charge in [-0.2, -0.15) is 0 Å². The molecule has 0 saturated carbocycles. The molecular formula is C17H14ClNO3S2. The number of amides is 1. The first kappa shape index (κ1) is 17.2. The third-order valence-electron chi connectivity index (χ3n) is 3.43. The van der Waals surface area contributed by atoms with Crippen molar-refractivity contribution >= 4 is 51.9 Å². The fourth-order valence-electron chi connectivity index (χ4n) is 2.24. The number of ether oxygens (including phenoxy) is 1. The Hall–Kier alpha value is -1.60. The van der Waals surface area contributed by atoms with Crippen LogP contribution >= 0.6 is 35.6 Å². The van der Waals surface area contributed by atoms with Crippen LogP contribution < -0.4 is 0 Å². The summed E-state index contributed by atoms with van der Waals surface area (Å²) in [6.45, 7) is 0.888. The SMILES string of the molecule is COCCN1C(=O)/C(=C\c2ccc(-c3ccccc3Cl)o2)SC1=S. The van der Waals surface area contributed by atoms with Gasteiger partial charge in [0.1, 0.15) is 15.8 Å². The number of thioether (sulfide) groups is 1. The molecule has 3 rings (SSSR count). The summed E-state index contributed by atoms with van der Waals surface area (Å²) in [5.41, 5.74) is 0.812. The summed E-state index contributed by atoms with van der Waals surface area (Å²) in [6.07, 6.45) is 1.70. The van der Waals surface area contributed by atoms with E-state index in [2.05, 4.69) is 0 Å². The molecule has 2 heterocycles. The van der Waals surface area contributed by atoms with Gasteiger partial charge in [0.25, 0.3) is 5.91 Å². The molecule has 1 aromatic heterocycles. The van der Waals surface area contributed by atoms with Gasteiger partial charge in [-0.05, 0) is 24.3 Å². The van der Waals surface area contributed by atoms with Gasteiger partial charge in [-0.25, -0.2) is 0 Å². The number of nitrogens with zero attached hydrogens (tertiary/aromatic N) is 1. The summed E-state index contributed by atoms with van der Waals surface area (Å²) < 4.78 is 11.3. The summed E-state index contributed by atoms with van der Waals surface area (Å²) in [5.74, 6) is 1.11. The highest BCUT2D eigenvalue weighted by Crippen LogP contribution is 2.34. The van der Waals surface area contributed by atoms with E-state index in [0.717, 1.165) is 5.56 Å². The number of hydrogen-bond donors (Lipinski definition) is 0. The number of methoxy groups -OCH3 is 1. The van der Waals surface area contributed by atoms with Gasteiger partial charge in [0.05, 0.1) is 23.1 Å². The summed E-state index contributed by atoms with van der Waals surface area (Å²) in [4.78, 5) is 14.5. The molecule has 0 atom stereocenters. The van der Waals surface area contributed by atoms with Crippen molar-refractivity contribution < 1.29 is 13.9 Å². The van der Waals surface area contributed by atoms with Crippen molar-refractivity contribution in [3.8, 4) is 11.3 Å². The summed E-state index contributed by atoms with van der Waals surface area (Å²) in [5, 5.41) is 0.615. The number of furan rings is 1. The average molecular weight is 380 g/mol. The zero-order chi connectivity index (χ0) is 17.1. The number of carbonyl (C=O) groups excluding carboxylic acids is 1. The topological polar surface area (TPSA) is 42.7 Å². The highest BCUT2D eigenvalue weighted by Gasteiger charge is 2.31. The van der Waals surface area contributed by atoms with E-state index in [9.17, 15) is 4.79 Å². The number of hydrogen-bond acceptors (Lipinski definition) is 5. The molecule has 24 heavy (non-hydrogen) atoms. The maximum absolute atomic E-state index is 12.4. The van der Waals surface area contributed by atoms with E-state index in [1.165, 1.54) is 16.7 Å². The maximum Gasteiger partial charge on any atom is 0.266 e. The average Bonchev–Trinajstić information content (AvgIpc) is 3.12. The largest absolute Gasteiger partial charge is 0.457 e. The lowest BCUT2D eigenvalue weighted by Gasteiger charge is -2.12. The van der Waals surface area contributed by atoms with Crippen molar-refractivity contribution in [1.29, 1.82) is 0 Å².